The molecule has 0 N–H and O–H groups in total. The Kier molecular flexibility index (Phi) is 3.86. The maximum atomic E-state index is 5.89. The Morgan fingerprint density at radius 3 is 2.76 bits per heavy atom. The highest BCUT2D eigenvalue weighted by molar-refractivity contribution is 7.99. The van der Waals surface area contributed by atoms with Crippen molar-refractivity contribution in [2.45, 2.75) is 16.8 Å². The molecular formula is C12H11ClN2OS. The third-order valence-electron chi connectivity index (χ3n) is 2.05. The molecule has 0 saturated heterocycles. The van der Waals surface area contributed by atoms with Gasteiger partial charge in [-0.3, -0.25) is 0 Å². The molecule has 1 aromatic heterocycles. The molecule has 0 aliphatic rings. The van der Waals surface area contributed by atoms with E-state index in [2.05, 4.69) is 9.97 Å². The second-order valence-corrected chi connectivity index (χ2v) is 4.84. The smallest absolute Gasteiger partial charge is 0.133 e. The number of ether oxygens (including phenoxy) is 1. The first-order valence-electron chi connectivity index (χ1n) is 5.00. The van der Waals surface area contributed by atoms with Crippen LogP contribution in [0.4, 0.5) is 0 Å². The summed E-state index contributed by atoms with van der Waals surface area (Å²) in [7, 11) is 1.65. The van der Waals surface area contributed by atoms with Crippen LogP contribution in [-0.2, 0) is 0 Å². The van der Waals surface area contributed by atoms with E-state index < -0.39 is 0 Å². The zero-order chi connectivity index (χ0) is 12.3. The highest BCUT2D eigenvalue weighted by Crippen LogP contribution is 2.29. The Morgan fingerprint density at radius 2 is 2.06 bits per heavy atom. The van der Waals surface area contributed by atoms with Crippen molar-refractivity contribution in [3.05, 3.63) is 41.3 Å². The summed E-state index contributed by atoms with van der Waals surface area (Å²) in [4.78, 5) is 9.39. The average molecular weight is 267 g/mol. The minimum Gasteiger partial charge on any atom is -0.497 e. The van der Waals surface area contributed by atoms with E-state index in [-0.39, 0.29) is 0 Å². The zero-order valence-corrected chi connectivity index (χ0v) is 11.0. The van der Waals surface area contributed by atoms with Crippen molar-refractivity contribution < 1.29 is 4.74 Å². The lowest BCUT2D eigenvalue weighted by molar-refractivity contribution is 0.413. The topological polar surface area (TPSA) is 35.0 Å². The Morgan fingerprint density at radius 1 is 1.24 bits per heavy atom. The normalized spacial score (nSPS) is 10.3. The van der Waals surface area contributed by atoms with Crippen molar-refractivity contribution in [2.24, 2.45) is 0 Å². The molecule has 0 aliphatic heterocycles. The van der Waals surface area contributed by atoms with Gasteiger partial charge < -0.3 is 4.74 Å². The molecule has 0 aliphatic carbocycles. The summed E-state index contributed by atoms with van der Waals surface area (Å²) in [5.74, 6) is 1.50. The van der Waals surface area contributed by atoms with Crippen LogP contribution in [0.1, 0.15) is 5.82 Å². The molecule has 0 unspecified atom stereocenters. The first-order valence-corrected chi connectivity index (χ1v) is 6.20. The van der Waals surface area contributed by atoms with Crippen LogP contribution in [0.25, 0.3) is 0 Å². The van der Waals surface area contributed by atoms with E-state index in [9.17, 15) is 0 Å². The SMILES string of the molecule is COc1cccc(Sc2cc(Cl)nc(C)n2)c1. The highest BCUT2D eigenvalue weighted by Gasteiger charge is 2.03. The molecule has 0 amide bonds. The van der Waals surface area contributed by atoms with Crippen molar-refractivity contribution in [3.8, 4) is 5.75 Å². The van der Waals surface area contributed by atoms with Gasteiger partial charge in [0.05, 0.1) is 7.11 Å². The van der Waals surface area contributed by atoms with Crippen molar-refractivity contribution in [1.82, 2.24) is 9.97 Å². The van der Waals surface area contributed by atoms with Crippen LogP contribution < -0.4 is 4.74 Å². The maximum absolute atomic E-state index is 5.89. The van der Waals surface area contributed by atoms with Crippen LogP contribution in [0.15, 0.2) is 40.3 Å². The van der Waals surface area contributed by atoms with Crippen LogP contribution in [0.2, 0.25) is 5.15 Å². The predicted molar refractivity (Wildman–Crippen MR) is 68.9 cm³/mol. The molecule has 5 heteroatoms. The molecule has 1 aromatic carbocycles. The van der Waals surface area contributed by atoms with E-state index in [1.165, 1.54) is 11.8 Å². The molecule has 88 valence electrons. The van der Waals surface area contributed by atoms with Gasteiger partial charge in [-0.05, 0) is 25.1 Å². The number of benzene rings is 1. The molecule has 0 bridgehead atoms. The van der Waals surface area contributed by atoms with Gasteiger partial charge in [0.2, 0.25) is 0 Å². The minimum absolute atomic E-state index is 0.461. The highest BCUT2D eigenvalue weighted by atomic mass is 35.5. The molecule has 0 radical (unpaired) electrons. The average Bonchev–Trinajstić information content (AvgIpc) is 2.28. The summed E-state index contributed by atoms with van der Waals surface area (Å²) in [5, 5.41) is 1.29. The summed E-state index contributed by atoms with van der Waals surface area (Å²) >= 11 is 7.42. The van der Waals surface area contributed by atoms with Crippen LogP contribution in [-0.4, -0.2) is 17.1 Å². The van der Waals surface area contributed by atoms with Crippen LogP contribution in [0.3, 0.4) is 0 Å². The fourth-order valence-electron chi connectivity index (χ4n) is 1.34. The molecular weight excluding hydrogens is 256 g/mol. The lowest BCUT2D eigenvalue weighted by atomic mass is 10.3. The van der Waals surface area contributed by atoms with Crippen LogP contribution >= 0.6 is 23.4 Å². The number of methoxy groups -OCH3 is 1. The number of hydrogen-bond donors (Lipinski definition) is 0. The molecule has 2 rings (SSSR count). The summed E-state index contributed by atoms with van der Waals surface area (Å²) in [6.45, 7) is 1.82. The monoisotopic (exact) mass is 266 g/mol. The molecule has 17 heavy (non-hydrogen) atoms. The largest absolute Gasteiger partial charge is 0.497 e. The van der Waals surface area contributed by atoms with Crippen molar-refractivity contribution >= 4 is 23.4 Å². The lowest BCUT2D eigenvalue weighted by Gasteiger charge is -2.04. The number of halogens is 1. The molecule has 0 atom stereocenters. The summed E-state index contributed by atoms with van der Waals surface area (Å²) in [6, 6.07) is 9.55. The van der Waals surface area contributed by atoms with E-state index in [4.69, 9.17) is 16.3 Å². The van der Waals surface area contributed by atoms with E-state index in [0.29, 0.717) is 11.0 Å². The summed E-state index contributed by atoms with van der Waals surface area (Å²) in [5.41, 5.74) is 0. The van der Waals surface area contributed by atoms with Gasteiger partial charge in [0.25, 0.3) is 0 Å². The second kappa shape index (κ2) is 5.38. The van der Waals surface area contributed by atoms with E-state index in [1.54, 1.807) is 13.2 Å². The van der Waals surface area contributed by atoms with Gasteiger partial charge in [-0.25, -0.2) is 9.97 Å². The lowest BCUT2D eigenvalue weighted by Crippen LogP contribution is -1.90. The van der Waals surface area contributed by atoms with Crippen LogP contribution in [0, 0.1) is 6.92 Å². The summed E-state index contributed by atoms with van der Waals surface area (Å²) in [6.07, 6.45) is 0. The Hall–Kier alpha value is -1.26. The third-order valence-corrected chi connectivity index (χ3v) is 3.15. The quantitative estimate of drug-likeness (QED) is 0.795. The minimum atomic E-state index is 0.461. The van der Waals surface area contributed by atoms with E-state index >= 15 is 0 Å². The number of rotatable bonds is 3. The van der Waals surface area contributed by atoms with Crippen molar-refractivity contribution in [3.63, 3.8) is 0 Å². The molecule has 0 fully saturated rings. The Bertz CT molecular complexity index is 513. The first kappa shape index (κ1) is 12.2. The fraction of sp³-hybridized carbons (Fsp3) is 0.167. The van der Waals surface area contributed by atoms with E-state index in [0.717, 1.165) is 15.7 Å². The summed E-state index contributed by atoms with van der Waals surface area (Å²) < 4.78 is 5.17. The second-order valence-electron chi connectivity index (χ2n) is 3.36. The Balaban J connectivity index is 2.24. The van der Waals surface area contributed by atoms with Gasteiger partial charge in [0.1, 0.15) is 21.8 Å². The molecule has 3 nitrogen and oxygen atoms in total. The first-order chi connectivity index (χ1) is 8.17. The van der Waals surface area contributed by atoms with Gasteiger partial charge >= 0.3 is 0 Å². The standard InChI is InChI=1S/C12H11ClN2OS/c1-8-14-11(13)7-12(15-8)17-10-5-3-4-9(6-10)16-2/h3-7H,1-2H3. The molecule has 0 saturated carbocycles. The number of aromatic nitrogens is 2. The van der Waals surface area contributed by atoms with Gasteiger partial charge in [0.15, 0.2) is 0 Å². The number of nitrogens with zero attached hydrogens (tertiary/aromatic N) is 2. The molecule has 0 spiro atoms. The van der Waals surface area contributed by atoms with Gasteiger partial charge in [-0.2, -0.15) is 0 Å². The van der Waals surface area contributed by atoms with Crippen LogP contribution in [0.5, 0.6) is 5.75 Å². The number of hydrogen-bond acceptors (Lipinski definition) is 4. The fourth-order valence-corrected chi connectivity index (χ4v) is 2.55. The van der Waals surface area contributed by atoms with Gasteiger partial charge in [0, 0.05) is 11.0 Å². The number of aryl methyl sites for hydroxylation is 1. The Labute approximate surface area is 109 Å². The van der Waals surface area contributed by atoms with Gasteiger partial charge in [-0.1, -0.05) is 29.4 Å². The molecule has 2 aromatic rings. The van der Waals surface area contributed by atoms with Crippen molar-refractivity contribution in [1.29, 1.82) is 0 Å². The van der Waals surface area contributed by atoms with E-state index in [1.807, 2.05) is 31.2 Å². The molecule has 1 heterocycles. The predicted octanol–water partition coefficient (Wildman–Crippen LogP) is 3.60. The maximum Gasteiger partial charge on any atom is 0.133 e. The zero-order valence-electron chi connectivity index (χ0n) is 9.48. The third kappa shape index (κ3) is 3.35. The van der Waals surface area contributed by atoms with Crippen molar-refractivity contribution in [2.75, 3.05) is 7.11 Å². The van der Waals surface area contributed by atoms with Gasteiger partial charge in [-0.15, -0.1) is 0 Å².